The van der Waals surface area contributed by atoms with Crippen LogP contribution in [0.25, 0.3) is 0 Å². The molecule has 0 unspecified atom stereocenters. The molecule has 0 saturated carbocycles. The molecule has 0 atom stereocenters. The molecule has 2 rings (SSSR count). The van der Waals surface area contributed by atoms with Crippen molar-refractivity contribution >= 4 is 66.2 Å². The fourth-order valence-corrected chi connectivity index (χ4v) is 3.94. The van der Waals surface area contributed by atoms with E-state index >= 15 is 0 Å². The summed E-state index contributed by atoms with van der Waals surface area (Å²) >= 11 is 10.9. The second-order valence-electron chi connectivity index (χ2n) is 5.43. The summed E-state index contributed by atoms with van der Waals surface area (Å²) < 4.78 is 78.8. The topological polar surface area (TPSA) is 98.3 Å². The molecule has 0 amide bonds. The van der Waals surface area contributed by atoms with Crippen LogP contribution in [0.2, 0.25) is 5.02 Å². The van der Waals surface area contributed by atoms with Crippen LogP contribution in [0.15, 0.2) is 27.1 Å². The monoisotopic (exact) mass is 585 g/mol. The van der Waals surface area contributed by atoms with E-state index in [-0.39, 0.29) is 12.1 Å². The normalized spacial score (nSPS) is 12.0. The summed E-state index contributed by atoms with van der Waals surface area (Å²) in [4.78, 5) is 19.5. The summed E-state index contributed by atoms with van der Waals surface area (Å²) in [7, 11) is 0. The van der Waals surface area contributed by atoms with E-state index < -0.39 is 70.0 Å². The number of nitro groups is 2. The summed E-state index contributed by atoms with van der Waals surface area (Å²) in [5.41, 5.74) is -7.83. The Morgan fingerprint density at radius 2 is 1.47 bits per heavy atom. The molecule has 0 radical (unpaired) electrons. The number of anilines is 2. The second kappa shape index (κ2) is 8.19. The van der Waals surface area contributed by atoms with Gasteiger partial charge in [0.05, 0.1) is 42.2 Å². The first-order valence-electron chi connectivity index (χ1n) is 7.11. The van der Waals surface area contributed by atoms with Crippen LogP contribution >= 0.6 is 43.5 Å². The number of nitro benzene ring substituents is 2. The van der Waals surface area contributed by atoms with Gasteiger partial charge in [0.1, 0.15) is 5.69 Å². The zero-order valence-electron chi connectivity index (χ0n) is 13.7. The molecule has 2 aromatic rings. The molecular weight excluding hydrogens is 583 g/mol. The highest BCUT2D eigenvalue weighted by Crippen LogP contribution is 2.49. The third-order valence-corrected chi connectivity index (χ3v) is 5.69. The fourth-order valence-electron chi connectivity index (χ4n) is 2.29. The van der Waals surface area contributed by atoms with Gasteiger partial charge >= 0.3 is 12.4 Å². The lowest BCUT2D eigenvalue weighted by Crippen LogP contribution is -2.13. The molecule has 0 fully saturated rings. The molecule has 16 heteroatoms. The van der Waals surface area contributed by atoms with Gasteiger partial charge in [0, 0.05) is 10.5 Å². The molecule has 0 saturated heterocycles. The third-order valence-electron chi connectivity index (χ3n) is 3.51. The van der Waals surface area contributed by atoms with Crippen molar-refractivity contribution < 1.29 is 36.2 Å². The maximum absolute atomic E-state index is 13.4. The highest BCUT2D eigenvalue weighted by Gasteiger charge is 2.41. The van der Waals surface area contributed by atoms with Crippen molar-refractivity contribution in [2.75, 3.05) is 5.32 Å². The smallest absolute Gasteiger partial charge is 0.348 e. The molecule has 7 nitrogen and oxygen atoms in total. The molecule has 30 heavy (non-hydrogen) atoms. The van der Waals surface area contributed by atoms with Crippen molar-refractivity contribution in [2.24, 2.45) is 0 Å². The van der Waals surface area contributed by atoms with Gasteiger partial charge < -0.3 is 5.32 Å². The van der Waals surface area contributed by atoms with Crippen molar-refractivity contribution in [3.8, 4) is 0 Å². The number of halogens is 9. The zero-order chi connectivity index (χ0) is 23.2. The number of hydrogen-bond donors (Lipinski definition) is 1. The average molecular weight is 587 g/mol. The van der Waals surface area contributed by atoms with Gasteiger partial charge in [-0.15, -0.1) is 0 Å². The molecule has 0 bridgehead atoms. The number of nitrogens with zero attached hydrogens (tertiary/aromatic N) is 2. The van der Waals surface area contributed by atoms with Crippen LogP contribution in [-0.4, -0.2) is 9.85 Å². The molecule has 0 heterocycles. The molecule has 0 aliphatic heterocycles. The van der Waals surface area contributed by atoms with E-state index in [0.717, 1.165) is 6.07 Å². The van der Waals surface area contributed by atoms with E-state index in [2.05, 4.69) is 31.9 Å². The predicted molar refractivity (Wildman–Crippen MR) is 99.9 cm³/mol. The SMILES string of the molecule is O=[N+]([O-])c1cc([N+](=O)[O-])c(Nc2cc(Cl)c(Br)c(C(F)(F)F)c2Br)c(C(F)(F)F)c1. The lowest BCUT2D eigenvalue weighted by Gasteiger charge is -2.19. The van der Waals surface area contributed by atoms with Crippen molar-refractivity contribution in [3.63, 3.8) is 0 Å². The first-order valence-corrected chi connectivity index (χ1v) is 9.07. The summed E-state index contributed by atoms with van der Waals surface area (Å²) in [6, 6.07) is 1.06. The van der Waals surface area contributed by atoms with E-state index in [9.17, 15) is 46.6 Å². The van der Waals surface area contributed by atoms with Crippen LogP contribution in [0, 0.1) is 20.2 Å². The van der Waals surface area contributed by atoms with E-state index in [1.165, 1.54) is 0 Å². The molecule has 1 N–H and O–H groups in total. The molecular formula is C14H4Br2ClF6N3O4. The Morgan fingerprint density at radius 1 is 0.900 bits per heavy atom. The molecule has 0 aliphatic rings. The molecule has 0 aliphatic carbocycles. The summed E-state index contributed by atoms with van der Waals surface area (Å²) in [6.07, 6.45) is -10.3. The van der Waals surface area contributed by atoms with Crippen LogP contribution in [0.1, 0.15) is 11.1 Å². The fraction of sp³-hybridized carbons (Fsp3) is 0.143. The van der Waals surface area contributed by atoms with Gasteiger partial charge in [-0.05, 0) is 37.9 Å². The minimum atomic E-state index is -5.32. The van der Waals surface area contributed by atoms with Crippen LogP contribution < -0.4 is 5.32 Å². The first-order chi connectivity index (χ1) is 13.6. The Bertz CT molecular complexity index is 1060. The zero-order valence-corrected chi connectivity index (χ0v) is 17.6. The minimum absolute atomic E-state index is 0.0222. The van der Waals surface area contributed by atoms with E-state index in [4.69, 9.17) is 11.6 Å². The Morgan fingerprint density at radius 3 is 1.90 bits per heavy atom. The maximum atomic E-state index is 13.4. The van der Waals surface area contributed by atoms with Gasteiger partial charge in [0.25, 0.3) is 11.4 Å². The van der Waals surface area contributed by atoms with Gasteiger partial charge in [0.15, 0.2) is 0 Å². The van der Waals surface area contributed by atoms with Gasteiger partial charge in [-0.25, -0.2) is 0 Å². The van der Waals surface area contributed by atoms with Crippen LogP contribution in [0.4, 0.5) is 49.1 Å². The lowest BCUT2D eigenvalue weighted by molar-refractivity contribution is -0.394. The molecule has 0 aromatic heterocycles. The second-order valence-corrected chi connectivity index (χ2v) is 7.42. The van der Waals surface area contributed by atoms with Crippen LogP contribution in [0.3, 0.4) is 0 Å². The quantitative estimate of drug-likeness (QED) is 0.173. The standard InChI is InChI=1S/C14H4Br2ClF6N3O4/c15-10-6(17)3-7(11(16)9(10)14(21,22)23)24-12-5(13(18,19)20)1-4(25(27)28)2-8(12)26(29)30/h1-3,24H. The predicted octanol–water partition coefficient (Wildman–Crippen LogP) is 7.46. The van der Waals surface area contributed by atoms with Crippen molar-refractivity contribution in [3.05, 3.63) is 63.5 Å². The maximum Gasteiger partial charge on any atom is 0.418 e. The van der Waals surface area contributed by atoms with Gasteiger partial charge in [-0.2, -0.15) is 26.3 Å². The number of rotatable bonds is 4. The Kier molecular flexibility index (Phi) is 6.59. The Labute approximate surface area is 183 Å². The number of nitrogens with one attached hydrogen (secondary N) is 1. The Balaban J connectivity index is 2.85. The van der Waals surface area contributed by atoms with Gasteiger partial charge in [-0.1, -0.05) is 11.6 Å². The van der Waals surface area contributed by atoms with Crippen LogP contribution in [-0.2, 0) is 12.4 Å². The summed E-state index contributed by atoms with van der Waals surface area (Å²) in [5.74, 6) is 0. The summed E-state index contributed by atoms with van der Waals surface area (Å²) in [5, 5.41) is 23.4. The number of benzene rings is 2. The van der Waals surface area contributed by atoms with E-state index in [1.54, 1.807) is 0 Å². The number of alkyl halides is 6. The molecule has 2 aromatic carbocycles. The van der Waals surface area contributed by atoms with Crippen molar-refractivity contribution in [1.82, 2.24) is 0 Å². The van der Waals surface area contributed by atoms with E-state index in [1.807, 2.05) is 5.32 Å². The Hall–Kier alpha value is -2.13. The third kappa shape index (κ3) is 4.78. The van der Waals surface area contributed by atoms with Crippen LogP contribution in [0.5, 0.6) is 0 Å². The highest BCUT2D eigenvalue weighted by atomic mass is 79.9. The largest absolute Gasteiger partial charge is 0.418 e. The average Bonchev–Trinajstić information content (AvgIpc) is 2.57. The number of hydrogen-bond acceptors (Lipinski definition) is 5. The molecule has 0 spiro atoms. The van der Waals surface area contributed by atoms with Gasteiger partial charge in [-0.3, -0.25) is 20.2 Å². The van der Waals surface area contributed by atoms with Crippen molar-refractivity contribution in [1.29, 1.82) is 0 Å². The van der Waals surface area contributed by atoms with Crippen molar-refractivity contribution in [2.45, 2.75) is 12.4 Å². The molecule has 162 valence electrons. The summed E-state index contributed by atoms with van der Waals surface area (Å²) in [6.45, 7) is 0. The number of non-ortho nitro benzene ring substituents is 1. The lowest BCUT2D eigenvalue weighted by atomic mass is 10.1. The highest BCUT2D eigenvalue weighted by molar-refractivity contribution is 9.11. The van der Waals surface area contributed by atoms with Gasteiger partial charge in [0.2, 0.25) is 0 Å². The van der Waals surface area contributed by atoms with E-state index in [0.29, 0.717) is 0 Å². The minimum Gasteiger partial charge on any atom is -0.348 e. The first kappa shape index (κ1) is 24.1.